The maximum absolute atomic E-state index is 12.5. The number of carbonyl (C=O) groups excluding carboxylic acids is 2. The summed E-state index contributed by atoms with van der Waals surface area (Å²) >= 11 is 0. The zero-order valence-corrected chi connectivity index (χ0v) is 12.9. The highest BCUT2D eigenvalue weighted by molar-refractivity contribution is 5.87. The number of carbonyl (C=O) groups is 2. The van der Waals surface area contributed by atoms with Crippen LogP contribution in [0.25, 0.3) is 0 Å². The highest BCUT2D eigenvalue weighted by atomic mass is 16.2. The Kier molecular flexibility index (Phi) is 4.27. The predicted octanol–water partition coefficient (Wildman–Crippen LogP) is 1.97. The molecular formula is C16H22N4O2. The topological polar surface area (TPSA) is 67.2 Å². The Morgan fingerprint density at radius 2 is 2.18 bits per heavy atom. The van der Waals surface area contributed by atoms with Gasteiger partial charge in [0.1, 0.15) is 0 Å². The molecule has 1 aliphatic carbocycles. The first-order valence-corrected chi connectivity index (χ1v) is 7.90. The summed E-state index contributed by atoms with van der Waals surface area (Å²) in [6.45, 7) is 2.97. The molecule has 1 aromatic heterocycles. The van der Waals surface area contributed by atoms with E-state index in [0.29, 0.717) is 12.4 Å². The van der Waals surface area contributed by atoms with Gasteiger partial charge in [0.05, 0.1) is 6.04 Å². The molecule has 22 heavy (non-hydrogen) atoms. The number of anilines is 1. The number of hydrogen-bond donors (Lipinski definition) is 1. The van der Waals surface area contributed by atoms with Crippen molar-refractivity contribution in [1.82, 2.24) is 14.7 Å². The second-order valence-corrected chi connectivity index (χ2v) is 6.07. The number of rotatable bonds is 3. The van der Waals surface area contributed by atoms with Gasteiger partial charge in [-0.2, -0.15) is 5.10 Å². The van der Waals surface area contributed by atoms with Gasteiger partial charge in [0.15, 0.2) is 5.82 Å². The molecule has 6 heteroatoms. The zero-order valence-electron chi connectivity index (χ0n) is 12.9. The summed E-state index contributed by atoms with van der Waals surface area (Å²) in [5, 5.41) is 7.05. The molecule has 1 aliphatic heterocycles. The third-order valence-electron chi connectivity index (χ3n) is 4.38. The van der Waals surface area contributed by atoms with Gasteiger partial charge in [0.25, 0.3) is 0 Å². The summed E-state index contributed by atoms with van der Waals surface area (Å²) < 4.78 is 1.86. The normalized spacial score (nSPS) is 24.5. The number of nitrogens with one attached hydrogen (secondary N) is 1. The van der Waals surface area contributed by atoms with Gasteiger partial charge in [-0.05, 0) is 25.7 Å². The molecule has 1 aromatic rings. The van der Waals surface area contributed by atoms with Crippen molar-refractivity contribution in [3.8, 4) is 0 Å². The van der Waals surface area contributed by atoms with E-state index in [1.807, 2.05) is 15.8 Å². The van der Waals surface area contributed by atoms with Crippen LogP contribution in [0, 0.1) is 5.92 Å². The first-order valence-electron chi connectivity index (χ1n) is 7.90. The van der Waals surface area contributed by atoms with Crippen molar-refractivity contribution in [1.29, 1.82) is 0 Å². The van der Waals surface area contributed by atoms with E-state index in [-0.39, 0.29) is 23.8 Å². The van der Waals surface area contributed by atoms with Gasteiger partial charge in [-0.25, -0.2) is 0 Å². The average molecular weight is 302 g/mol. The van der Waals surface area contributed by atoms with E-state index >= 15 is 0 Å². The quantitative estimate of drug-likeness (QED) is 0.868. The Bertz CT molecular complexity index is 593. The van der Waals surface area contributed by atoms with Crippen LogP contribution in [-0.2, 0) is 9.59 Å². The zero-order chi connectivity index (χ0) is 15.5. The number of hydrogen-bond acceptors (Lipinski definition) is 3. The summed E-state index contributed by atoms with van der Waals surface area (Å²) in [6.07, 6.45) is 9.89. The lowest BCUT2D eigenvalue weighted by Gasteiger charge is -2.24. The Hall–Kier alpha value is -2.11. The number of nitrogens with zero attached hydrogens (tertiary/aromatic N) is 3. The Labute approximate surface area is 130 Å². The van der Waals surface area contributed by atoms with Crippen LogP contribution >= 0.6 is 0 Å². The Morgan fingerprint density at radius 1 is 1.32 bits per heavy atom. The molecule has 0 bridgehead atoms. The third-order valence-corrected chi connectivity index (χ3v) is 4.38. The molecule has 2 aliphatic rings. The van der Waals surface area contributed by atoms with E-state index in [1.54, 1.807) is 6.07 Å². The molecule has 0 spiro atoms. The van der Waals surface area contributed by atoms with Gasteiger partial charge in [-0.1, -0.05) is 12.2 Å². The molecule has 0 saturated carbocycles. The monoisotopic (exact) mass is 302 g/mol. The number of allylic oxidation sites excluding steroid dienone is 2. The number of amides is 2. The van der Waals surface area contributed by atoms with E-state index in [0.717, 1.165) is 32.2 Å². The molecule has 3 rings (SSSR count). The van der Waals surface area contributed by atoms with Crippen LogP contribution in [0.4, 0.5) is 5.82 Å². The lowest BCUT2D eigenvalue weighted by Crippen LogP contribution is -2.35. The molecular weight excluding hydrogens is 280 g/mol. The van der Waals surface area contributed by atoms with Crippen molar-refractivity contribution >= 4 is 17.6 Å². The maximum Gasteiger partial charge on any atom is 0.226 e. The SMILES string of the molecule is CC(=O)Nc1ccn([C@@H]2CCN(C(=O)[C@@H]3CC=CCC3)C2)n1. The number of aromatic nitrogens is 2. The van der Waals surface area contributed by atoms with E-state index in [1.165, 1.54) is 6.92 Å². The van der Waals surface area contributed by atoms with Crippen LogP contribution in [-0.4, -0.2) is 39.6 Å². The van der Waals surface area contributed by atoms with E-state index in [2.05, 4.69) is 22.6 Å². The second-order valence-electron chi connectivity index (χ2n) is 6.07. The molecule has 1 saturated heterocycles. The van der Waals surface area contributed by atoms with Crippen molar-refractivity contribution in [3.05, 3.63) is 24.4 Å². The third kappa shape index (κ3) is 3.21. The predicted molar refractivity (Wildman–Crippen MR) is 83.2 cm³/mol. The second kappa shape index (κ2) is 6.34. The summed E-state index contributed by atoms with van der Waals surface area (Å²) in [7, 11) is 0. The van der Waals surface area contributed by atoms with E-state index in [4.69, 9.17) is 0 Å². The summed E-state index contributed by atoms with van der Waals surface area (Å²) in [6, 6.07) is 1.99. The van der Waals surface area contributed by atoms with Crippen LogP contribution in [0.3, 0.4) is 0 Å². The van der Waals surface area contributed by atoms with E-state index < -0.39 is 0 Å². The van der Waals surface area contributed by atoms with Crippen LogP contribution < -0.4 is 5.32 Å². The molecule has 1 N–H and O–H groups in total. The molecule has 0 radical (unpaired) electrons. The highest BCUT2D eigenvalue weighted by Gasteiger charge is 2.31. The lowest BCUT2D eigenvalue weighted by atomic mass is 9.93. The fraction of sp³-hybridized carbons (Fsp3) is 0.562. The fourth-order valence-corrected chi connectivity index (χ4v) is 3.22. The van der Waals surface area contributed by atoms with Crippen molar-refractivity contribution in [2.45, 2.75) is 38.6 Å². The summed E-state index contributed by atoms with van der Waals surface area (Å²) in [4.78, 5) is 25.5. The molecule has 6 nitrogen and oxygen atoms in total. The van der Waals surface area contributed by atoms with Crippen molar-refractivity contribution in [3.63, 3.8) is 0 Å². The summed E-state index contributed by atoms with van der Waals surface area (Å²) in [5.74, 6) is 0.867. The lowest BCUT2D eigenvalue weighted by molar-refractivity contribution is -0.134. The van der Waals surface area contributed by atoms with Gasteiger partial charge in [-0.15, -0.1) is 0 Å². The van der Waals surface area contributed by atoms with Crippen molar-refractivity contribution in [2.75, 3.05) is 18.4 Å². The fourth-order valence-electron chi connectivity index (χ4n) is 3.22. The minimum absolute atomic E-state index is 0.126. The maximum atomic E-state index is 12.5. The Balaban J connectivity index is 1.59. The molecule has 2 heterocycles. The molecule has 1 fully saturated rings. The van der Waals surface area contributed by atoms with Gasteiger partial charge in [-0.3, -0.25) is 14.3 Å². The first kappa shape index (κ1) is 14.8. The van der Waals surface area contributed by atoms with Gasteiger partial charge in [0, 0.05) is 38.2 Å². The molecule has 2 atom stereocenters. The number of likely N-dealkylation sites (tertiary alicyclic amines) is 1. The van der Waals surface area contributed by atoms with E-state index in [9.17, 15) is 9.59 Å². The Morgan fingerprint density at radius 3 is 2.91 bits per heavy atom. The van der Waals surface area contributed by atoms with Crippen LogP contribution in [0.15, 0.2) is 24.4 Å². The molecule has 0 unspecified atom stereocenters. The molecule has 2 amide bonds. The van der Waals surface area contributed by atoms with Crippen LogP contribution in [0.1, 0.15) is 38.6 Å². The van der Waals surface area contributed by atoms with Crippen LogP contribution in [0.2, 0.25) is 0 Å². The minimum Gasteiger partial charge on any atom is -0.340 e. The summed E-state index contributed by atoms with van der Waals surface area (Å²) in [5.41, 5.74) is 0. The average Bonchev–Trinajstić information content (AvgIpc) is 3.15. The van der Waals surface area contributed by atoms with Crippen LogP contribution in [0.5, 0.6) is 0 Å². The largest absolute Gasteiger partial charge is 0.340 e. The molecule has 118 valence electrons. The minimum atomic E-state index is -0.126. The van der Waals surface area contributed by atoms with Gasteiger partial charge < -0.3 is 10.2 Å². The standard InChI is InChI=1S/C16H22N4O2/c1-12(21)17-15-8-10-20(18-15)14-7-9-19(11-14)16(22)13-5-3-2-4-6-13/h2-3,8,10,13-14H,4-7,9,11H2,1H3,(H,17,18,21)/t13-,14-/m1/s1. The van der Waals surface area contributed by atoms with Gasteiger partial charge >= 0.3 is 0 Å². The highest BCUT2D eigenvalue weighted by Crippen LogP contribution is 2.27. The first-order chi connectivity index (χ1) is 10.6. The van der Waals surface area contributed by atoms with Crippen molar-refractivity contribution < 1.29 is 9.59 Å². The molecule has 0 aromatic carbocycles. The smallest absolute Gasteiger partial charge is 0.226 e. The van der Waals surface area contributed by atoms with Gasteiger partial charge in [0.2, 0.25) is 11.8 Å². The van der Waals surface area contributed by atoms with Crippen molar-refractivity contribution in [2.24, 2.45) is 5.92 Å².